The van der Waals surface area contributed by atoms with Crippen molar-refractivity contribution in [1.82, 2.24) is 9.88 Å². The van der Waals surface area contributed by atoms with E-state index < -0.39 is 0 Å². The van der Waals surface area contributed by atoms with Crippen LogP contribution in [-0.2, 0) is 6.54 Å². The second-order valence-electron chi connectivity index (χ2n) is 5.50. The minimum Gasteiger partial charge on any atom is -0.360 e. The first-order valence-electron chi connectivity index (χ1n) is 7.53. The molecule has 0 bridgehead atoms. The van der Waals surface area contributed by atoms with Crippen LogP contribution in [-0.4, -0.2) is 15.8 Å². The number of halogens is 1. The van der Waals surface area contributed by atoms with Crippen LogP contribution in [0.15, 0.2) is 64.6 Å². The number of benzene rings is 1. The Labute approximate surface area is 152 Å². The van der Waals surface area contributed by atoms with Crippen molar-refractivity contribution in [3.63, 3.8) is 0 Å². The number of nitrogens with zero attached hydrogens (tertiary/aromatic N) is 2. The lowest BCUT2D eigenvalue weighted by Crippen LogP contribution is -2.31. The van der Waals surface area contributed by atoms with E-state index in [4.69, 9.17) is 0 Å². The standard InChI is InChI=1S/C18H14BrN3OS/c19-12-5-7-13(8-6-12)21-17-16-15(4-1-9-20-16)18(23)22(17)11-14-3-2-10-24-14/h1-10,17,21H,11H2/t17-/m1/s1. The highest BCUT2D eigenvalue weighted by molar-refractivity contribution is 9.10. The van der Waals surface area contributed by atoms with E-state index >= 15 is 0 Å². The van der Waals surface area contributed by atoms with E-state index in [9.17, 15) is 4.79 Å². The van der Waals surface area contributed by atoms with Crippen molar-refractivity contribution in [3.8, 4) is 0 Å². The van der Waals surface area contributed by atoms with Gasteiger partial charge >= 0.3 is 0 Å². The summed E-state index contributed by atoms with van der Waals surface area (Å²) in [6.07, 6.45) is 1.47. The normalized spacial score (nSPS) is 16.3. The molecule has 24 heavy (non-hydrogen) atoms. The molecule has 0 saturated carbocycles. The van der Waals surface area contributed by atoms with Gasteiger partial charge in [-0.25, -0.2) is 0 Å². The first kappa shape index (κ1) is 15.4. The van der Waals surface area contributed by atoms with Crippen LogP contribution in [0.3, 0.4) is 0 Å². The quantitative estimate of drug-likeness (QED) is 0.692. The SMILES string of the molecule is O=C1c2cccnc2[C@H](Nc2ccc(Br)cc2)N1Cc1cccs1. The van der Waals surface area contributed by atoms with Gasteiger partial charge in [-0.15, -0.1) is 11.3 Å². The molecule has 6 heteroatoms. The maximum absolute atomic E-state index is 12.8. The third-order valence-corrected chi connectivity index (χ3v) is 5.34. The topological polar surface area (TPSA) is 45.2 Å². The maximum Gasteiger partial charge on any atom is 0.258 e. The zero-order chi connectivity index (χ0) is 16.5. The van der Waals surface area contributed by atoms with Gasteiger partial charge in [0.25, 0.3) is 5.91 Å². The number of hydrogen-bond acceptors (Lipinski definition) is 4. The fourth-order valence-corrected chi connectivity index (χ4v) is 3.79. The molecule has 2 aromatic heterocycles. The summed E-state index contributed by atoms with van der Waals surface area (Å²) >= 11 is 5.09. The largest absolute Gasteiger partial charge is 0.360 e. The Hall–Kier alpha value is -2.18. The summed E-state index contributed by atoms with van der Waals surface area (Å²) in [6.45, 7) is 0.570. The lowest BCUT2D eigenvalue weighted by atomic mass is 10.2. The van der Waals surface area contributed by atoms with Crippen molar-refractivity contribution in [2.45, 2.75) is 12.7 Å². The Balaban J connectivity index is 1.68. The van der Waals surface area contributed by atoms with Crippen molar-refractivity contribution < 1.29 is 4.79 Å². The summed E-state index contributed by atoms with van der Waals surface area (Å²) < 4.78 is 1.02. The minimum atomic E-state index is -0.267. The summed E-state index contributed by atoms with van der Waals surface area (Å²) in [7, 11) is 0. The van der Waals surface area contributed by atoms with Gasteiger partial charge < -0.3 is 10.2 Å². The second-order valence-corrected chi connectivity index (χ2v) is 7.45. The minimum absolute atomic E-state index is 0.0149. The summed E-state index contributed by atoms with van der Waals surface area (Å²) in [4.78, 5) is 20.3. The van der Waals surface area contributed by atoms with Gasteiger partial charge in [0.05, 0.1) is 17.8 Å². The molecule has 4 nitrogen and oxygen atoms in total. The van der Waals surface area contributed by atoms with E-state index in [1.54, 1.807) is 17.5 Å². The molecule has 120 valence electrons. The molecule has 0 unspecified atom stereocenters. The lowest BCUT2D eigenvalue weighted by molar-refractivity contribution is 0.0729. The summed E-state index contributed by atoms with van der Waals surface area (Å²) in [5.74, 6) is 0.0149. The van der Waals surface area contributed by atoms with Gasteiger partial charge in [0.1, 0.15) is 6.17 Å². The molecule has 1 atom stereocenters. The predicted octanol–water partition coefficient (Wildman–Crippen LogP) is 4.67. The molecule has 1 aliphatic rings. The van der Waals surface area contributed by atoms with E-state index in [1.807, 2.05) is 58.8 Å². The van der Waals surface area contributed by atoms with Crippen LogP contribution in [0.2, 0.25) is 0 Å². The molecule has 1 aromatic carbocycles. The average Bonchev–Trinajstić information content (AvgIpc) is 3.20. The molecular formula is C18H14BrN3OS. The molecule has 0 fully saturated rings. The number of pyridine rings is 1. The number of carbonyl (C=O) groups is 1. The van der Waals surface area contributed by atoms with Crippen molar-refractivity contribution in [2.24, 2.45) is 0 Å². The number of rotatable bonds is 4. The van der Waals surface area contributed by atoms with Crippen molar-refractivity contribution >= 4 is 38.9 Å². The third kappa shape index (κ3) is 2.83. The van der Waals surface area contributed by atoms with Gasteiger partial charge in [-0.05, 0) is 47.8 Å². The molecule has 1 amide bonds. The number of hydrogen-bond donors (Lipinski definition) is 1. The summed E-state index contributed by atoms with van der Waals surface area (Å²) in [6, 6.07) is 15.6. The maximum atomic E-state index is 12.8. The summed E-state index contributed by atoms with van der Waals surface area (Å²) in [5.41, 5.74) is 2.40. The van der Waals surface area contributed by atoms with Crippen LogP contribution in [0.25, 0.3) is 0 Å². The number of carbonyl (C=O) groups excluding carboxylic acids is 1. The molecule has 1 N–H and O–H groups in total. The van der Waals surface area contributed by atoms with Crippen LogP contribution in [0.1, 0.15) is 27.1 Å². The Bertz CT molecular complexity index is 864. The Morgan fingerprint density at radius 2 is 2.00 bits per heavy atom. The van der Waals surface area contributed by atoms with Gasteiger partial charge in [-0.1, -0.05) is 22.0 Å². The molecule has 3 aromatic rings. The number of amides is 1. The van der Waals surface area contributed by atoms with Gasteiger partial charge in [0.15, 0.2) is 0 Å². The summed E-state index contributed by atoms with van der Waals surface area (Å²) in [5, 5.41) is 5.47. The van der Waals surface area contributed by atoms with Crippen LogP contribution < -0.4 is 5.32 Å². The zero-order valence-corrected chi connectivity index (χ0v) is 15.0. The number of aromatic nitrogens is 1. The van der Waals surface area contributed by atoms with E-state index in [2.05, 4.69) is 26.2 Å². The smallest absolute Gasteiger partial charge is 0.258 e. The highest BCUT2D eigenvalue weighted by atomic mass is 79.9. The molecule has 3 heterocycles. The Morgan fingerprint density at radius 1 is 1.17 bits per heavy atom. The van der Waals surface area contributed by atoms with Crippen molar-refractivity contribution in [2.75, 3.05) is 5.32 Å². The highest BCUT2D eigenvalue weighted by Gasteiger charge is 2.37. The lowest BCUT2D eigenvalue weighted by Gasteiger charge is -2.26. The molecule has 4 rings (SSSR count). The predicted molar refractivity (Wildman–Crippen MR) is 98.9 cm³/mol. The van der Waals surface area contributed by atoms with E-state index in [0.29, 0.717) is 12.1 Å². The average molecular weight is 400 g/mol. The van der Waals surface area contributed by atoms with Crippen LogP contribution in [0.4, 0.5) is 5.69 Å². The van der Waals surface area contributed by atoms with Gasteiger partial charge in [0.2, 0.25) is 0 Å². The second kappa shape index (κ2) is 6.37. The first-order valence-corrected chi connectivity index (χ1v) is 9.20. The van der Waals surface area contributed by atoms with Crippen LogP contribution in [0.5, 0.6) is 0 Å². The van der Waals surface area contributed by atoms with E-state index in [-0.39, 0.29) is 12.1 Å². The number of thiophene rings is 1. The van der Waals surface area contributed by atoms with E-state index in [0.717, 1.165) is 20.7 Å². The van der Waals surface area contributed by atoms with Crippen molar-refractivity contribution in [3.05, 3.63) is 80.7 Å². The highest BCUT2D eigenvalue weighted by Crippen LogP contribution is 2.34. The van der Waals surface area contributed by atoms with Gasteiger partial charge in [0, 0.05) is 21.2 Å². The molecule has 1 aliphatic heterocycles. The number of fused-ring (bicyclic) bond motifs is 1. The van der Waals surface area contributed by atoms with E-state index in [1.165, 1.54) is 0 Å². The Kier molecular flexibility index (Phi) is 4.08. The zero-order valence-electron chi connectivity index (χ0n) is 12.6. The molecule has 0 spiro atoms. The number of anilines is 1. The first-order chi connectivity index (χ1) is 11.7. The van der Waals surface area contributed by atoms with Gasteiger partial charge in [-0.2, -0.15) is 0 Å². The monoisotopic (exact) mass is 399 g/mol. The van der Waals surface area contributed by atoms with Crippen molar-refractivity contribution in [1.29, 1.82) is 0 Å². The fraction of sp³-hybridized carbons (Fsp3) is 0.111. The molecule has 0 aliphatic carbocycles. The van der Waals surface area contributed by atoms with Crippen LogP contribution in [0, 0.1) is 0 Å². The molecule has 0 radical (unpaired) electrons. The third-order valence-electron chi connectivity index (χ3n) is 3.95. The Morgan fingerprint density at radius 3 is 2.75 bits per heavy atom. The number of nitrogens with one attached hydrogen (secondary N) is 1. The van der Waals surface area contributed by atoms with Crippen LogP contribution >= 0.6 is 27.3 Å². The van der Waals surface area contributed by atoms with Gasteiger partial charge in [-0.3, -0.25) is 9.78 Å². The fourth-order valence-electron chi connectivity index (χ4n) is 2.82. The molecule has 0 saturated heterocycles. The molecular weight excluding hydrogens is 386 g/mol.